The smallest absolute Gasteiger partial charge is 0.266 e. The fraction of sp³-hybridized carbons (Fsp3) is 0.462. The zero-order chi connectivity index (χ0) is 13.1. The summed E-state index contributed by atoms with van der Waals surface area (Å²) in [4.78, 5) is 15.5. The summed E-state index contributed by atoms with van der Waals surface area (Å²) in [7, 11) is 0. The van der Waals surface area contributed by atoms with Gasteiger partial charge in [0.1, 0.15) is 11.6 Å². The molecule has 0 spiro atoms. The Hall–Kier alpha value is -2.09. The lowest BCUT2D eigenvalue weighted by atomic mass is 9.82. The average Bonchev–Trinajstić information content (AvgIpc) is 2.35. The van der Waals surface area contributed by atoms with Crippen LogP contribution >= 0.6 is 0 Å². The van der Waals surface area contributed by atoms with Crippen molar-refractivity contribution in [3.63, 3.8) is 0 Å². The quantitative estimate of drug-likeness (QED) is 0.521. The molecule has 5 heteroatoms. The van der Waals surface area contributed by atoms with Crippen LogP contribution in [0.3, 0.4) is 0 Å². The molecule has 1 saturated carbocycles. The Morgan fingerprint density at radius 1 is 1.50 bits per heavy atom. The third-order valence-electron chi connectivity index (χ3n) is 2.89. The molecular formula is C13H14N4O. The van der Waals surface area contributed by atoms with E-state index in [-0.39, 0.29) is 11.5 Å². The van der Waals surface area contributed by atoms with Gasteiger partial charge in [0.05, 0.1) is 11.6 Å². The minimum absolute atomic E-state index is 0.107. The molecule has 2 rings (SSSR count). The van der Waals surface area contributed by atoms with Crippen molar-refractivity contribution < 1.29 is 4.79 Å². The summed E-state index contributed by atoms with van der Waals surface area (Å²) in [5, 5.41) is 17.2. The maximum Gasteiger partial charge on any atom is 0.287 e. The monoisotopic (exact) mass is 242 g/mol. The summed E-state index contributed by atoms with van der Waals surface area (Å²) in [5.74, 6) is -0.547. The number of nitriles is 1. The highest BCUT2D eigenvalue weighted by atomic mass is 16.1. The van der Waals surface area contributed by atoms with E-state index in [1.54, 1.807) is 6.08 Å². The van der Waals surface area contributed by atoms with Gasteiger partial charge < -0.3 is 0 Å². The minimum Gasteiger partial charge on any atom is -0.266 e. The van der Waals surface area contributed by atoms with Crippen LogP contribution in [0.25, 0.3) is 0 Å². The van der Waals surface area contributed by atoms with Crippen molar-refractivity contribution in [1.82, 2.24) is 0 Å². The molecule has 1 aliphatic carbocycles. The van der Waals surface area contributed by atoms with Gasteiger partial charge in [-0.15, -0.1) is 0 Å². The van der Waals surface area contributed by atoms with Crippen molar-refractivity contribution >= 4 is 23.0 Å². The summed E-state index contributed by atoms with van der Waals surface area (Å²) in [5.41, 5.74) is 2.69. The highest BCUT2D eigenvalue weighted by molar-refractivity contribution is 6.19. The number of fused-ring (bicyclic) bond motifs is 1. The molecule has 0 aromatic carbocycles. The van der Waals surface area contributed by atoms with E-state index >= 15 is 0 Å². The molecule has 0 radical (unpaired) electrons. The molecule has 1 amide bonds. The summed E-state index contributed by atoms with van der Waals surface area (Å²) in [6.45, 7) is 3.76. The van der Waals surface area contributed by atoms with Crippen LogP contribution in [0.4, 0.5) is 0 Å². The molecule has 1 heterocycles. The van der Waals surface area contributed by atoms with E-state index in [2.05, 4.69) is 15.2 Å². The molecule has 1 aliphatic heterocycles. The molecule has 2 aliphatic rings. The molecule has 0 aromatic rings. The molecule has 92 valence electrons. The van der Waals surface area contributed by atoms with Crippen LogP contribution in [0, 0.1) is 17.2 Å². The fourth-order valence-electron chi connectivity index (χ4n) is 2.06. The summed E-state index contributed by atoms with van der Waals surface area (Å²) in [6.07, 6.45) is 4.22. The Labute approximate surface area is 106 Å². The van der Waals surface area contributed by atoms with Crippen LogP contribution in [0.1, 0.15) is 33.1 Å². The van der Waals surface area contributed by atoms with Crippen molar-refractivity contribution in [2.45, 2.75) is 33.1 Å². The predicted molar refractivity (Wildman–Crippen MR) is 69.7 cm³/mol. The summed E-state index contributed by atoms with van der Waals surface area (Å²) in [6, 6.07) is 1.89. The van der Waals surface area contributed by atoms with Gasteiger partial charge in [0, 0.05) is 11.4 Å². The summed E-state index contributed by atoms with van der Waals surface area (Å²) >= 11 is 0. The van der Waals surface area contributed by atoms with Gasteiger partial charge in [-0.3, -0.25) is 4.79 Å². The zero-order valence-corrected chi connectivity index (χ0v) is 10.5. The first-order valence-corrected chi connectivity index (χ1v) is 5.93. The van der Waals surface area contributed by atoms with E-state index in [1.807, 2.05) is 19.9 Å². The van der Waals surface area contributed by atoms with Crippen molar-refractivity contribution in [2.75, 3.05) is 0 Å². The van der Waals surface area contributed by atoms with Crippen molar-refractivity contribution in [3.8, 4) is 6.07 Å². The molecule has 5 nitrogen and oxygen atoms in total. The van der Waals surface area contributed by atoms with Crippen molar-refractivity contribution in [1.29, 1.82) is 5.26 Å². The van der Waals surface area contributed by atoms with Gasteiger partial charge in [-0.1, -0.05) is 0 Å². The Kier molecular flexibility index (Phi) is 3.47. The molecule has 0 N–H and O–H groups in total. The molecule has 0 bridgehead atoms. The van der Waals surface area contributed by atoms with E-state index in [1.165, 1.54) is 0 Å². The van der Waals surface area contributed by atoms with Crippen LogP contribution < -0.4 is 0 Å². The minimum atomic E-state index is -0.430. The maximum absolute atomic E-state index is 11.5. The Morgan fingerprint density at radius 3 is 2.94 bits per heavy atom. The van der Waals surface area contributed by atoms with Gasteiger partial charge in [0.25, 0.3) is 5.91 Å². The second-order valence-electron chi connectivity index (χ2n) is 4.57. The first kappa shape index (κ1) is 12.4. The highest BCUT2D eigenvalue weighted by Crippen LogP contribution is 2.26. The number of allylic oxidation sites excluding steroid dienone is 1. The van der Waals surface area contributed by atoms with Crippen LogP contribution in [0.15, 0.2) is 26.8 Å². The van der Waals surface area contributed by atoms with Crippen LogP contribution in [-0.4, -0.2) is 23.0 Å². The van der Waals surface area contributed by atoms with Gasteiger partial charge in [-0.05, 0) is 39.2 Å². The zero-order valence-electron chi connectivity index (χ0n) is 10.5. The SMILES string of the molecule is CC(C)=N/N=C1\CCCC2=NC(=O)C(C#N)=CC21. The van der Waals surface area contributed by atoms with Crippen molar-refractivity contribution in [3.05, 3.63) is 11.6 Å². The molecule has 0 aromatic heterocycles. The van der Waals surface area contributed by atoms with E-state index < -0.39 is 5.91 Å². The number of rotatable bonds is 1. The van der Waals surface area contributed by atoms with Gasteiger partial charge in [0.15, 0.2) is 0 Å². The normalized spacial score (nSPS) is 24.8. The third kappa shape index (κ3) is 2.43. The molecule has 18 heavy (non-hydrogen) atoms. The van der Waals surface area contributed by atoms with Gasteiger partial charge >= 0.3 is 0 Å². The Balaban J connectivity index is 2.37. The average molecular weight is 242 g/mol. The lowest BCUT2D eigenvalue weighted by Gasteiger charge is -2.25. The van der Waals surface area contributed by atoms with E-state index in [9.17, 15) is 4.79 Å². The van der Waals surface area contributed by atoms with E-state index in [4.69, 9.17) is 5.26 Å². The first-order valence-electron chi connectivity index (χ1n) is 5.93. The van der Waals surface area contributed by atoms with Gasteiger partial charge in [0.2, 0.25) is 0 Å². The van der Waals surface area contributed by atoms with E-state index in [0.29, 0.717) is 0 Å². The number of carbonyl (C=O) groups is 1. The van der Waals surface area contributed by atoms with Crippen molar-refractivity contribution in [2.24, 2.45) is 21.1 Å². The number of aliphatic imine (C=N–C) groups is 1. The van der Waals surface area contributed by atoms with E-state index in [0.717, 1.165) is 36.4 Å². The Morgan fingerprint density at radius 2 is 2.28 bits per heavy atom. The molecule has 1 unspecified atom stereocenters. The standard InChI is InChI=1S/C13H14N4O/c1-8(2)16-17-12-5-3-4-11-10(12)6-9(7-14)13(18)15-11/h6,10H,3-5H2,1-2H3/b17-12+. The number of hydrogen-bond acceptors (Lipinski definition) is 4. The fourth-order valence-corrected chi connectivity index (χ4v) is 2.06. The summed E-state index contributed by atoms with van der Waals surface area (Å²) < 4.78 is 0. The lowest BCUT2D eigenvalue weighted by Crippen LogP contribution is -2.31. The Bertz CT molecular complexity index is 542. The maximum atomic E-state index is 11.5. The molecule has 0 saturated heterocycles. The number of carbonyl (C=O) groups excluding carboxylic acids is 1. The molecule has 1 atom stereocenters. The van der Waals surface area contributed by atoms with Crippen LogP contribution in [0.5, 0.6) is 0 Å². The number of nitrogens with zero attached hydrogens (tertiary/aromatic N) is 4. The highest BCUT2D eigenvalue weighted by Gasteiger charge is 2.30. The van der Waals surface area contributed by atoms with Gasteiger partial charge in [-0.25, -0.2) is 4.99 Å². The number of dihydropyridines is 1. The van der Waals surface area contributed by atoms with Crippen LogP contribution in [0.2, 0.25) is 0 Å². The molecular weight excluding hydrogens is 228 g/mol. The lowest BCUT2D eigenvalue weighted by molar-refractivity contribution is -0.114. The topological polar surface area (TPSA) is 77.9 Å². The largest absolute Gasteiger partial charge is 0.287 e. The second-order valence-corrected chi connectivity index (χ2v) is 4.57. The first-order chi connectivity index (χ1) is 8.61. The second kappa shape index (κ2) is 5.05. The number of amides is 1. The third-order valence-corrected chi connectivity index (χ3v) is 2.89. The molecule has 1 fully saturated rings. The van der Waals surface area contributed by atoms with Crippen LogP contribution in [-0.2, 0) is 4.79 Å². The number of hydrogen-bond donors (Lipinski definition) is 0. The predicted octanol–water partition coefficient (Wildman–Crippen LogP) is 2.05. The van der Waals surface area contributed by atoms with Gasteiger partial charge in [-0.2, -0.15) is 15.5 Å².